The minimum Gasteiger partial charge on any atom is -0.352 e. The number of pyridine rings is 1. The van der Waals surface area contributed by atoms with Gasteiger partial charge in [-0.2, -0.15) is 5.26 Å². The van der Waals surface area contributed by atoms with Crippen molar-refractivity contribution in [2.75, 3.05) is 24.5 Å². The standard InChI is InChI=1S/C20H18ClFN4O/c1-14-13-25(20-16(11-23)10-18(22)12-24-20)7-8-26(14)19(27)6-5-15-3-2-4-17(21)9-15/h2-6,9-10,12,14H,7-8,13H2,1H3. The molecule has 0 radical (unpaired) electrons. The first-order valence-electron chi connectivity index (χ1n) is 8.53. The van der Waals surface area contributed by atoms with Crippen LogP contribution in [0.5, 0.6) is 0 Å². The number of nitriles is 1. The molecule has 0 N–H and O–H groups in total. The maximum atomic E-state index is 13.3. The van der Waals surface area contributed by atoms with Gasteiger partial charge in [-0.3, -0.25) is 4.79 Å². The van der Waals surface area contributed by atoms with Gasteiger partial charge < -0.3 is 9.80 Å². The fraction of sp³-hybridized carbons (Fsp3) is 0.250. The van der Waals surface area contributed by atoms with Gasteiger partial charge >= 0.3 is 0 Å². The van der Waals surface area contributed by atoms with Crippen LogP contribution in [0.4, 0.5) is 10.2 Å². The SMILES string of the molecule is CC1CN(c2ncc(F)cc2C#N)CCN1C(=O)C=Cc1cccc(Cl)c1. The number of amides is 1. The van der Waals surface area contributed by atoms with Crippen LogP contribution in [-0.4, -0.2) is 41.5 Å². The lowest BCUT2D eigenvalue weighted by atomic mass is 10.1. The molecule has 0 spiro atoms. The fourth-order valence-corrected chi connectivity index (χ4v) is 3.32. The summed E-state index contributed by atoms with van der Waals surface area (Å²) in [6.07, 6.45) is 4.38. The maximum absolute atomic E-state index is 13.3. The molecule has 1 aliphatic rings. The Morgan fingerprint density at radius 2 is 2.22 bits per heavy atom. The second-order valence-electron chi connectivity index (χ2n) is 6.35. The summed E-state index contributed by atoms with van der Waals surface area (Å²) in [6, 6.07) is 10.4. The maximum Gasteiger partial charge on any atom is 0.246 e. The quantitative estimate of drug-likeness (QED) is 0.760. The minimum atomic E-state index is -0.539. The second kappa shape index (κ2) is 8.19. The molecule has 0 aliphatic carbocycles. The third-order valence-corrected chi connectivity index (χ3v) is 4.67. The van der Waals surface area contributed by atoms with E-state index < -0.39 is 5.82 Å². The van der Waals surface area contributed by atoms with Crippen molar-refractivity contribution in [2.45, 2.75) is 13.0 Å². The molecule has 138 valence electrons. The number of hydrogen-bond acceptors (Lipinski definition) is 4. The van der Waals surface area contributed by atoms with Crippen molar-refractivity contribution < 1.29 is 9.18 Å². The Morgan fingerprint density at radius 3 is 2.93 bits per heavy atom. The highest BCUT2D eigenvalue weighted by Crippen LogP contribution is 2.22. The number of carbonyl (C=O) groups is 1. The van der Waals surface area contributed by atoms with Gasteiger partial charge in [0.2, 0.25) is 5.91 Å². The third-order valence-electron chi connectivity index (χ3n) is 4.43. The average molecular weight is 385 g/mol. The van der Waals surface area contributed by atoms with Crippen molar-refractivity contribution in [3.8, 4) is 6.07 Å². The van der Waals surface area contributed by atoms with Gasteiger partial charge in [-0.05, 0) is 36.8 Å². The third kappa shape index (κ3) is 4.44. The van der Waals surface area contributed by atoms with Crippen LogP contribution < -0.4 is 4.90 Å². The molecule has 1 amide bonds. The molecule has 5 nitrogen and oxygen atoms in total. The number of piperazine rings is 1. The normalized spacial score (nSPS) is 17.2. The van der Waals surface area contributed by atoms with Crippen LogP contribution in [0.1, 0.15) is 18.1 Å². The van der Waals surface area contributed by atoms with Crippen molar-refractivity contribution in [3.05, 3.63) is 64.6 Å². The zero-order valence-electron chi connectivity index (χ0n) is 14.8. The zero-order valence-corrected chi connectivity index (χ0v) is 15.5. The minimum absolute atomic E-state index is 0.0753. The zero-order chi connectivity index (χ0) is 19.4. The molecule has 0 bridgehead atoms. The molecule has 2 heterocycles. The number of nitrogens with zero attached hydrogens (tertiary/aromatic N) is 4. The molecule has 1 aromatic heterocycles. The molecule has 0 saturated carbocycles. The summed E-state index contributed by atoms with van der Waals surface area (Å²) in [6.45, 7) is 3.47. The summed E-state index contributed by atoms with van der Waals surface area (Å²) in [7, 11) is 0. The number of halogens is 2. The van der Waals surface area contributed by atoms with Crippen LogP contribution in [-0.2, 0) is 4.79 Å². The van der Waals surface area contributed by atoms with Gasteiger partial charge in [0, 0.05) is 36.8 Å². The van der Waals surface area contributed by atoms with Crippen molar-refractivity contribution in [1.82, 2.24) is 9.88 Å². The van der Waals surface area contributed by atoms with Crippen LogP contribution in [0.3, 0.4) is 0 Å². The van der Waals surface area contributed by atoms with Crippen molar-refractivity contribution in [3.63, 3.8) is 0 Å². The van der Waals surface area contributed by atoms with Gasteiger partial charge in [0.1, 0.15) is 17.7 Å². The van der Waals surface area contributed by atoms with Gasteiger partial charge in [-0.25, -0.2) is 9.37 Å². The Morgan fingerprint density at radius 1 is 1.41 bits per heavy atom. The molecule has 2 aromatic rings. The van der Waals surface area contributed by atoms with Gasteiger partial charge in [0.25, 0.3) is 0 Å². The number of aromatic nitrogens is 1. The van der Waals surface area contributed by atoms with Gasteiger partial charge in [0.15, 0.2) is 0 Å². The topological polar surface area (TPSA) is 60.2 Å². The Hall–Kier alpha value is -2.91. The monoisotopic (exact) mass is 384 g/mol. The smallest absolute Gasteiger partial charge is 0.246 e. The van der Waals surface area contributed by atoms with Gasteiger partial charge in [-0.1, -0.05) is 23.7 Å². The molecule has 1 aliphatic heterocycles. The number of hydrogen-bond donors (Lipinski definition) is 0. The van der Waals surface area contributed by atoms with Crippen LogP contribution in [0, 0.1) is 17.1 Å². The summed E-state index contributed by atoms with van der Waals surface area (Å²) in [4.78, 5) is 20.3. The van der Waals surface area contributed by atoms with E-state index in [1.165, 1.54) is 12.1 Å². The van der Waals surface area contributed by atoms with E-state index in [0.29, 0.717) is 30.5 Å². The molecule has 1 fully saturated rings. The van der Waals surface area contributed by atoms with E-state index in [0.717, 1.165) is 11.8 Å². The largest absolute Gasteiger partial charge is 0.352 e. The molecule has 3 rings (SSSR count). The summed E-state index contributed by atoms with van der Waals surface area (Å²) < 4.78 is 13.3. The first kappa shape index (κ1) is 18.9. The van der Waals surface area contributed by atoms with Crippen LogP contribution >= 0.6 is 11.6 Å². The first-order chi connectivity index (χ1) is 13.0. The highest BCUT2D eigenvalue weighted by Gasteiger charge is 2.28. The molecule has 1 saturated heterocycles. The predicted octanol–water partition coefficient (Wildman–Crippen LogP) is 3.50. The lowest BCUT2D eigenvalue weighted by Gasteiger charge is -2.40. The van der Waals surface area contributed by atoms with E-state index in [9.17, 15) is 14.4 Å². The lowest BCUT2D eigenvalue weighted by molar-refractivity contribution is -0.128. The molecular weight excluding hydrogens is 367 g/mol. The Balaban J connectivity index is 1.68. The highest BCUT2D eigenvalue weighted by molar-refractivity contribution is 6.30. The highest BCUT2D eigenvalue weighted by atomic mass is 35.5. The molecule has 1 aromatic carbocycles. The molecule has 7 heteroatoms. The Kier molecular flexibility index (Phi) is 5.72. The molecular formula is C20H18ClFN4O. The Labute approximate surface area is 162 Å². The summed E-state index contributed by atoms with van der Waals surface area (Å²) in [5, 5.41) is 9.83. The van der Waals surface area contributed by atoms with Crippen molar-refractivity contribution >= 4 is 29.4 Å². The number of rotatable bonds is 3. The van der Waals surface area contributed by atoms with E-state index >= 15 is 0 Å². The Bertz CT molecular complexity index is 924. The lowest BCUT2D eigenvalue weighted by Crippen LogP contribution is -2.54. The number of anilines is 1. The van der Waals surface area contributed by atoms with E-state index in [1.54, 1.807) is 23.1 Å². The summed E-state index contributed by atoms with van der Waals surface area (Å²) >= 11 is 5.95. The van der Waals surface area contributed by atoms with Crippen molar-refractivity contribution in [2.24, 2.45) is 0 Å². The molecule has 1 unspecified atom stereocenters. The van der Waals surface area contributed by atoms with Gasteiger partial charge in [-0.15, -0.1) is 0 Å². The van der Waals surface area contributed by atoms with Crippen LogP contribution in [0.2, 0.25) is 5.02 Å². The molecule has 1 atom stereocenters. The first-order valence-corrected chi connectivity index (χ1v) is 8.90. The van der Waals surface area contributed by atoms with E-state index in [4.69, 9.17) is 11.6 Å². The van der Waals surface area contributed by atoms with Crippen molar-refractivity contribution in [1.29, 1.82) is 5.26 Å². The summed E-state index contributed by atoms with van der Waals surface area (Å²) in [5.41, 5.74) is 1.05. The number of carbonyl (C=O) groups excluding carboxylic acids is 1. The van der Waals surface area contributed by atoms with Crippen LogP contribution in [0.25, 0.3) is 6.08 Å². The van der Waals surface area contributed by atoms with E-state index in [1.807, 2.05) is 30.0 Å². The van der Waals surface area contributed by atoms with Gasteiger partial charge in [0.05, 0.1) is 11.8 Å². The van der Waals surface area contributed by atoms with E-state index in [-0.39, 0.29) is 17.5 Å². The summed E-state index contributed by atoms with van der Waals surface area (Å²) in [5.74, 6) is -0.176. The second-order valence-corrected chi connectivity index (χ2v) is 6.79. The fourth-order valence-electron chi connectivity index (χ4n) is 3.12. The van der Waals surface area contributed by atoms with Crippen LogP contribution in [0.15, 0.2) is 42.6 Å². The predicted molar refractivity (Wildman–Crippen MR) is 103 cm³/mol. The van der Waals surface area contributed by atoms with E-state index in [2.05, 4.69) is 4.98 Å². The number of benzene rings is 1. The molecule has 27 heavy (non-hydrogen) atoms. The average Bonchev–Trinajstić information content (AvgIpc) is 2.66.